The Morgan fingerprint density at radius 1 is 1.00 bits per heavy atom. The van der Waals surface area contributed by atoms with Crippen LogP contribution in [0.4, 0.5) is 0 Å². The summed E-state index contributed by atoms with van der Waals surface area (Å²) in [6.45, 7) is 5.36. The van der Waals surface area contributed by atoms with Gasteiger partial charge in [-0.15, -0.1) is 0 Å². The zero-order valence-corrected chi connectivity index (χ0v) is 14.9. The maximum absolute atomic E-state index is 3.77. The molecule has 2 aromatic rings. The van der Waals surface area contributed by atoms with Crippen molar-refractivity contribution in [3.8, 4) is 0 Å². The van der Waals surface area contributed by atoms with Crippen molar-refractivity contribution < 1.29 is 0 Å². The highest BCUT2D eigenvalue weighted by Gasteiger charge is 2.22. The molecule has 1 aliphatic rings. The Hall–Kier alpha value is -1.68. The zero-order valence-electron chi connectivity index (χ0n) is 14.9. The van der Waals surface area contributed by atoms with Gasteiger partial charge in [0.15, 0.2) is 0 Å². The van der Waals surface area contributed by atoms with E-state index in [0.717, 1.165) is 26.2 Å². The summed E-state index contributed by atoms with van der Waals surface area (Å²) < 4.78 is 0. The van der Waals surface area contributed by atoms with Gasteiger partial charge in [0, 0.05) is 38.8 Å². The molecule has 0 saturated carbocycles. The highest BCUT2D eigenvalue weighted by Crippen LogP contribution is 2.15. The maximum Gasteiger partial charge on any atom is 0.0234 e. The Kier molecular flexibility index (Phi) is 6.02. The standard InChI is InChI=1S/C21H29N3/c1-23(2)16-20-11-7-6-10-19(20)14-22-21-12-13-24(17-21)15-18-8-4-3-5-9-18/h3-11,21-22H,12-17H2,1-2H3. The molecular formula is C21H29N3. The molecule has 0 bridgehead atoms. The monoisotopic (exact) mass is 323 g/mol. The highest BCUT2D eigenvalue weighted by atomic mass is 15.2. The first-order chi connectivity index (χ1) is 11.7. The summed E-state index contributed by atoms with van der Waals surface area (Å²) >= 11 is 0. The highest BCUT2D eigenvalue weighted by molar-refractivity contribution is 5.27. The Morgan fingerprint density at radius 2 is 1.71 bits per heavy atom. The molecular weight excluding hydrogens is 294 g/mol. The van der Waals surface area contributed by atoms with Gasteiger partial charge in [0.1, 0.15) is 0 Å². The largest absolute Gasteiger partial charge is 0.309 e. The molecule has 1 saturated heterocycles. The first-order valence-electron chi connectivity index (χ1n) is 8.92. The predicted molar refractivity (Wildman–Crippen MR) is 101 cm³/mol. The van der Waals surface area contributed by atoms with Crippen LogP contribution in [0.15, 0.2) is 54.6 Å². The number of nitrogens with zero attached hydrogens (tertiary/aromatic N) is 2. The fourth-order valence-electron chi connectivity index (χ4n) is 3.46. The molecule has 128 valence electrons. The van der Waals surface area contributed by atoms with E-state index in [1.54, 1.807) is 0 Å². The lowest BCUT2D eigenvalue weighted by Gasteiger charge is -2.18. The number of rotatable bonds is 7. The second-order valence-electron chi connectivity index (χ2n) is 7.09. The van der Waals surface area contributed by atoms with Crippen molar-refractivity contribution in [2.75, 3.05) is 27.2 Å². The van der Waals surface area contributed by atoms with E-state index >= 15 is 0 Å². The SMILES string of the molecule is CN(C)Cc1ccccc1CNC1CCN(Cc2ccccc2)C1. The van der Waals surface area contributed by atoms with E-state index in [2.05, 4.69) is 83.8 Å². The number of likely N-dealkylation sites (tertiary alicyclic amines) is 1. The van der Waals surface area contributed by atoms with Crippen LogP contribution in [0.1, 0.15) is 23.1 Å². The molecule has 1 N–H and O–H groups in total. The third-order valence-electron chi connectivity index (χ3n) is 4.71. The summed E-state index contributed by atoms with van der Waals surface area (Å²) in [6, 6.07) is 20.2. The van der Waals surface area contributed by atoms with E-state index < -0.39 is 0 Å². The zero-order chi connectivity index (χ0) is 16.8. The van der Waals surface area contributed by atoms with Gasteiger partial charge in [0.05, 0.1) is 0 Å². The average Bonchev–Trinajstić information content (AvgIpc) is 3.02. The Morgan fingerprint density at radius 3 is 2.46 bits per heavy atom. The van der Waals surface area contributed by atoms with Gasteiger partial charge >= 0.3 is 0 Å². The van der Waals surface area contributed by atoms with Gasteiger partial charge in [-0.05, 0) is 37.2 Å². The minimum atomic E-state index is 0.598. The summed E-state index contributed by atoms with van der Waals surface area (Å²) in [6.07, 6.45) is 1.24. The molecule has 3 rings (SSSR count). The van der Waals surface area contributed by atoms with E-state index in [0.29, 0.717) is 6.04 Å². The van der Waals surface area contributed by atoms with E-state index in [4.69, 9.17) is 0 Å². The summed E-state index contributed by atoms with van der Waals surface area (Å²) in [5.41, 5.74) is 4.26. The molecule has 1 aliphatic heterocycles. The van der Waals surface area contributed by atoms with Crippen LogP contribution in [0.25, 0.3) is 0 Å². The molecule has 1 atom stereocenters. The topological polar surface area (TPSA) is 18.5 Å². The van der Waals surface area contributed by atoms with Crippen LogP contribution in [-0.2, 0) is 19.6 Å². The van der Waals surface area contributed by atoms with Crippen LogP contribution >= 0.6 is 0 Å². The second-order valence-corrected chi connectivity index (χ2v) is 7.09. The van der Waals surface area contributed by atoms with E-state index in [-0.39, 0.29) is 0 Å². The minimum absolute atomic E-state index is 0.598. The smallest absolute Gasteiger partial charge is 0.0234 e. The first-order valence-corrected chi connectivity index (χ1v) is 8.92. The molecule has 1 fully saturated rings. The van der Waals surface area contributed by atoms with Crippen molar-refractivity contribution in [1.82, 2.24) is 15.1 Å². The minimum Gasteiger partial charge on any atom is -0.309 e. The Bertz CT molecular complexity index is 624. The van der Waals surface area contributed by atoms with Crippen LogP contribution in [0.5, 0.6) is 0 Å². The molecule has 24 heavy (non-hydrogen) atoms. The van der Waals surface area contributed by atoms with Crippen molar-refractivity contribution >= 4 is 0 Å². The van der Waals surface area contributed by atoms with Crippen LogP contribution in [0.3, 0.4) is 0 Å². The summed E-state index contributed by atoms with van der Waals surface area (Å²) in [4.78, 5) is 4.79. The van der Waals surface area contributed by atoms with Crippen LogP contribution in [0, 0.1) is 0 Å². The Balaban J connectivity index is 1.50. The van der Waals surface area contributed by atoms with E-state index in [1.807, 2.05) is 0 Å². The molecule has 3 nitrogen and oxygen atoms in total. The van der Waals surface area contributed by atoms with Gasteiger partial charge < -0.3 is 10.2 Å². The van der Waals surface area contributed by atoms with Gasteiger partial charge in [0.25, 0.3) is 0 Å². The number of hydrogen-bond acceptors (Lipinski definition) is 3. The summed E-state index contributed by atoms with van der Waals surface area (Å²) in [5.74, 6) is 0. The van der Waals surface area contributed by atoms with Crippen LogP contribution < -0.4 is 5.32 Å². The quantitative estimate of drug-likeness (QED) is 0.845. The maximum atomic E-state index is 3.77. The van der Waals surface area contributed by atoms with Gasteiger partial charge in [-0.1, -0.05) is 54.6 Å². The number of benzene rings is 2. The summed E-state index contributed by atoms with van der Waals surface area (Å²) in [5, 5.41) is 3.77. The number of nitrogens with one attached hydrogen (secondary N) is 1. The van der Waals surface area contributed by atoms with Gasteiger partial charge in [-0.2, -0.15) is 0 Å². The molecule has 0 radical (unpaired) electrons. The fraction of sp³-hybridized carbons (Fsp3) is 0.429. The molecule has 0 spiro atoms. The fourth-order valence-corrected chi connectivity index (χ4v) is 3.46. The van der Waals surface area contributed by atoms with Crippen molar-refractivity contribution in [3.05, 3.63) is 71.3 Å². The molecule has 1 heterocycles. The molecule has 0 aromatic heterocycles. The van der Waals surface area contributed by atoms with E-state index in [9.17, 15) is 0 Å². The molecule has 0 amide bonds. The van der Waals surface area contributed by atoms with Gasteiger partial charge in [-0.3, -0.25) is 4.90 Å². The van der Waals surface area contributed by atoms with Crippen LogP contribution in [0.2, 0.25) is 0 Å². The second kappa shape index (κ2) is 8.43. The lowest BCUT2D eigenvalue weighted by Crippen LogP contribution is -2.32. The van der Waals surface area contributed by atoms with Crippen molar-refractivity contribution in [2.24, 2.45) is 0 Å². The van der Waals surface area contributed by atoms with Crippen molar-refractivity contribution in [1.29, 1.82) is 0 Å². The Labute approximate surface area is 146 Å². The van der Waals surface area contributed by atoms with E-state index in [1.165, 1.54) is 29.7 Å². The lowest BCUT2D eigenvalue weighted by atomic mass is 10.1. The third-order valence-corrected chi connectivity index (χ3v) is 4.71. The normalized spacial score (nSPS) is 18.4. The molecule has 1 unspecified atom stereocenters. The van der Waals surface area contributed by atoms with Crippen molar-refractivity contribution in [2.45, 2.75) is 32.1 Å². The predicted octanol–water partition coefficient (Wildman–Crippen LogP) is 3.11. The lowest BCUT2D eigenvalue weighted by molar-refractivity contribution is 0.319. The first kappa shape index (κ1) is 17.2. The van der Waals surface area contributed by atoms with Gasteiger partial charge in [-0.25, -0.2) is 0 Å². The summed E-state index contributed by atoms with van der Waals surface area (Å²) in [7, 11) is 4.26. The van der Waals surface area contributed by atoms with Crippen LogP contribution in [-0.4, -0.2) is 43.0 Å². The van der Waals surface area contributed by atoms with Gasteiger partial charge in [0.2, 0.25) is 0 Å². The number of hydrogen-bond donors (Lipinski definition) is 1. The molecule has 0 aliphatic carbocycles. The van der Waals surface area contributed by atoms with Crippen molar-refractivity contribution in [3.63, 3.8) is 0 Å². The third kappa shape index (κ3) is 4.91. The average molecular weight is 323 g/mol. The molecule has 2 aromatic carbocycles. The molecule has 3 heteroatoms.